The summed E-state index contributed by atoms with van der Waals surface area (Å²) >= 11 is 0. The summed E-state index contributed by atoms with van der Waals surface area (Å²) in [5.41, 5.74) is 3.02. The highest BCUT2D eigenvalue weighted by molar-refractivity contribution is 6.46. The van der Waals surface area contributed by atoms with Gasteiger partial charge in [0.15, 0.2) is 0 Å². The van der Waals surface area contributed by atoms with Crippen LogP contribution < -0.4 is 10.7 Å². The van der Waals surface area contributed by atoms with E-state index in [0.717, 1.165) is 33.5 Å². The van der Waals surface area contributed by atoms with Crippen LogP contribution in [0.15, 0.2) is 79.0 Å². The molecule has 229 valence electrons. The van der Waals surface area contributed by atoms with E-state index in [9.17, 15) is 9.90 Å². The number of hydrogen-bond donors (Lipinski definition) is 0. The van der Waals surface area contributed by atoms with Crippen LogP contribution in [0, 0.1) is 0 Å². The number of carbonyl (C=O) groups excluding carboxylic acids is 1. The number of rotatable bonds is 6. The van der Waals surface area contributed by atoms with Crippen LogP contribution in [0.2, 0.25) is 0 Å². The van der Waals surface area contributed by atoms with Gasteiger partial charge in [-0.25, -0.2) is 4.79 Å². The number of benzene rings is 2. The molecular formula is C37H43BN2O4-. The lowest BCUT2D eigenvalue weighted by Gasteiger charge is -2.47. The van der Waals surface area contributed by atoms with Crippen molar-refractivity contribution >= 4 is 19.2 Å². The van der Waals surface area contributed by atoms with Crippen molar-refractivity contribution in [3.8, 4) is 11.1 Å². The zero-order chi connectivity index (χ0) is 32.3. The molecule has 6 nitrogen and oxygen atoms in total. The van der Waals surface area contributed by atoms with E-state index in [1.807, 2.05) is 63.4 Å². The van der Waals surface area contributed by atoms with Gasteiger partial charge in [0.05, 0.1) is 5.69 Å². The quantitative estimate of drug-likeness (QED) is 0.211. The molecule has 2 aromatic heterocycles. The summed E-state index contributed by atoms with van der Waals surface area (Å²) in [5, 5.41) is 12.9. The van der Waals surface area contributed by atoms with Crippen LogP contribution in [0.3, 0.4) is 0 Å². The van der Waals surface area contributed by atoms with Crippen LogP contribution in [-0.2, 0) is 20.2 Å². The van der Waals surface area contributed by atoms with E-state index >= 15 is 0 Å². The number of nitrogens with zero attached hydrogens (tertiary/aromatic N) is 2. The molecule has 1 radical (unpaired) electrons. The van der Waals surface area contributed by atoms with E-state index in [2.05, 4.69) is 57.2 Å². The predicted octanol–water partition coefficient (Wildman–Crippen LogP) is 6.51. The Bertz CT molecular complexity index is 1650. The van der Waals surface area contributed by atoms with Gasteiger partial charge in [-0.3, -0.25) is 9.55 Å². The zero-order valence-electron chi connectivity index (χ0n) is 27.6. The minimum Gasteiger partial charge on any atom is -0.848 e. The molecule has 1 aliphatic carbocycles. The lowest BCUT2D eigenvalue weighted by Crippen LogP contribution is -2.58. The van der Waals surface area contributed by atoms with Gasteiger partial charge < -0.3 is 14.5 Å². The van der Waals surface area contributed by atoms with Gasteiger partial charge in [0, 0.05) is 23.1 Å². The number of carbonyl (C=O) groups is 1. The molecule has 0 unspecified atom stereocenters. The molecule has 0 saturated carbocycles. The van der Waals surface area contributed by atoms with Crippen molar-refractivity contribution in [3.05, 3.63) is 107 Å². The molecule has 0 N–H and O–H groups in total. The number of aromatic nitrogens is 2. The van der Waals surface area contributed by atoms with Crippen molar-refractivity contribution in [2.45, 2.75) is 96.9 Å². The van der Waals surface area contributed by atoms with E-state index in [-0.39, 0.29) is 5.41 Å². The summed E-state index contributed by atoms with van der Waals surface area (Å²) in [6.07, 6.45) is 1.32. The summed E-state index contributed by atoms with van der Waals surface area (Å²) in [6, 6.07) is 24.7. The van der Waals surface area contributed by atoms with E-state index in [0.29, 0.717) is 11.3 Å². The Morgan fingerprint density at radius 2 is 1.39 bits per heavy atom. The van der Waals surface area contributed by atoms with Gasteiger partial charge in [0.1, 0.15) is 11.0 Å². The van der Waals surface area contributed by atoms with E-state index in [1.165, 1.54) is 7.48 Å². The Balaban J connectivity index is 1.85. The summed E-state index contributed by atoms with van der Waals surface area (Å²) in [4.78, 5) is 19.3. The Hall–Kier alpha value is -3.68. The molecule has 0 spiro atoms. The molecule has 0 fully saturated rings. The van der Waals surface area contributed by atoms with Crippen LogP contribution in [0.5, 0.6) is 0 Å². The minimum atomic E-state index is -1.39. The molecule has 4 aromatic rings. The van der Waals surface area contributed by atoms with Crippen LogP contribution in [0.1, 0.15) is 97.3 Å². The maximum atomic E-state index is 14.2. The largest absolute Gasteiger partial charge is 0.848 e. The number of ether oxygens (including phenoxy) is 1. The van der Waals surface area contributed by atoms with E-state index < -0.39 is 28.3 Å². The molecule has 1 aliphatic rings. The highest BCUT2D eigenvalue weighted by Crippen LogP contribution is 2.55. The van der Waals surface area contributed by atoms with Crippen LogP contribution in [0.25, 0.3) is 11.1 Å². The molecule has 44 heavy (non-hydrogen) atoms. The first-order valence-electron chi connectivity index (χ1n) is 15.2. The first-order valence-corrected chi connectivity index (χ1v) is 15.2. The fraction of sp³-hybridized carbons (Fsp3) is 0.405. The molecule has 0 aliphatic heterocycles. The fourth-order valence-corrected chi connectivity index (χ4v) is 5.72. The molecule has 5 rings (SSSR count). The Morgan fingerprint density at radius 1 is 0.818 bits per heavy atom. The SMILES string of the molecule is CC(C)(C)OC(=O)n1c([B]OC(C)(C)C(C)(C)[O-])ccc1C1(c2cc(C(C)(C)C)ccn2)c2ccccc2-c2ccccc21. The first kappa shape index (κ1) is 31.7. The van der Waals surface area contributed by atoms with Gasteiger partial charge in [-0.2, -0.15) is 0 Å². The summed E-state index contributed by atoms with van der Waals surface area (Å²) < 4.78 is 13.7. The standard InChI is InChI=1S/C37H43BN2O4/c1-33(2,3)24-21-22-39-29(23-24)37(27-17-13-11-15-25(27)26-16-12-14-18-28(26)37)30-19-20-31(38-44-36(9,10)35(7,8)42)40(30)32(41)43-34(4,5)6/h11-23H,1-10H3/q-1. The van der Waals surface area contributed by atoms with Crippen molar-refractivity contribution in [1.82, 2.24) is 9.55 Å². The lowest BCUT2D eigenvalue weighted by atomic mass is 9.71. The van der Waals surface area contributed by atoms with Crippen LogP contribution >= 0.6 is 0 Å². The Labute approximate surface area is 262 Å². The van der Waals surface area contributed by atoms with Crippen LogP contribution in [-0.4, -0.2) is 39.9 Å². The van der Waals surface area contributed by atoms with Gasteiger partial charge in [0.2, 0.25) is 0 Å². The maximum Gasteiger partial charge on any atom is 0.418 e. The van der Waals surface area contributed by atoms with Gasteiger partial charge in [-0.1, -0.05) is 88.8 Å². The predicted molar refractivity (Wildman–Crippen MR) is 174 cm³/mol. The number of hydrogen-bond acceptors (Lipinski definition) is 5. The topological polar surface area (TPSA) is 76.4 Å². The highest BCUT2D eigenvalue weighted by Gasteiger charge is 2.50. The molecule has 0 atom stereocenters. The van der Waals surface area contributed by atoms with Crippen molar-refractivity contribution in [2.75, 3.05) is 0 Å². The Kier molecular flexibility index (Phi) is 7.75. The molecular weight excluding hydrogens is 547 g/mol. The minimum absolute atomic E-state index is 0.132. The summed E-state index contributed by atoms with van der Waals surface area (Å²) in [7, 11) is 1.51. The molecule has 7 heteroatoms. The highest BCUT2D eigenvalue weighted by atomic mass is 16.6. The Morgan fingerprint density at radius 3 is 1.91 bits per heavy atom. The lowest BCUT2D eigenvalue weighted by molar-refractivity contribution is -0.495. The van der Waals surface area contributed by atoms with Crippen molar-refractivity contribution in [1.29, 1.82) is 0 Å². The zero-order valence-corrected chi connectivity index (χ0v) is 27.6. The van der Waals surface area contributed by atoms with E-state index in [1.54, 1.807) is 32.3 Å². The molecule has 0 saturated heterocycles. The third-order valence-corrected chi connectivity index (χ3v) is 8.76. The second-order valence-corrected chi connectivity index (χ2v) is 14.7. The number of pyridine rings is 1. The average molecular weight is 591 g/mol. The van der Waals surface area contributed by atoms with Gasteiger partial charge in [0.25, 0.3) is 0 Å². The van der Waals surface area contributed by atoms with E-state index in [4.69, 9.17) is 14.4 Å². The normalized spacial score (nSPS) is 14.6. The first-order chi connectivity index (χ1) is 20.4. The average Bonchev–Trinajstić information content (AvgIpc) is 3.48. The molecule has 2 heterocycles. The van der Waals surface area contributed by atoms with Gasteiger partial charge in [-0.05, 0) is 92.1 Å². The summed E-state index contributed by atoms with van der Waals surface area (Å²) in [6.45, 7) is 18.8. The van der Waals surface area contributed by atoms with Gasteiger partial charge in [-0.15, -0.1) is 0 Å². The van der Waals surface area contributed by atoms with Gasteiger partial charge >= 0.3 is 13.6 Å². The van der Waals surface area contributed by atoms with Crippen molar-refractivity contribution in [2.24, 2.45) is 0 Å². The van der Waals surface area contributed by atoms with Crippen LogP contribution in [0.4, 0.5) is 4.79 Å². The smallest absolute Gasteiger partial charge is 0.418 e. The van der Waals surface area contributed by atoms with Crippen molar-refractivity contribution in [3.63, 3.8) is 0 Å². The van der Waals surface area contributed by atoms with Crippen molar-refractivity contribution < 1.29 is 19.3 Å². The molecule has 0 bridgehead atoms. The molecule has 0 amide bonds. The molecule has 2 aromatic carbocycles. The third-order valence-electron chi connectivity index (χ3n) is 8.76. The third kappa shape index (κ3) is 5.41. The fourth-order valence-electron chi connectivity index (χ4n) is 5.72. The monoisotopic (exact) mass is 590 g/mol. The number of fused-ring (bicyclic) bond motifs is 3. The second kappa shape index (κ2) is 10.7. The second-order valence-electron chi connectivity index (χ2n) is 14.7. The summed E-state index contributed by atoms with van der Waals surface area (Å²) in [5.74, 6) is 0. The maximum absolute atomic E-state index is 14.2.